The van der Waals surface area contributed by atoms with Crippen LogP contribution in [-0.2, 0) is 19.4 Å². The van der Waals surface area contributed by atoms with Gasteiger partial charge in [-0.3, -0.25) is 9.97 Å². The molecule has 0 spiro atoms. The van der Waals surface area contributed by atoms with Gasteiger partial charge in [-0.25, -0.2) is 0 Å². The van der Waals surface area contributed by atoms with Gasteiger partial charge in [-0.05, 0) is 54.2 Å². The molecule has 0 atom stereocenters. The molecule has 124 valence electrons. The summed E-state index contributed by atoms with van der Waals surface area (Å²) in [5.74, 6) is 0. The predicted octanol–water partition coefficient (Wildman–Crippen LogP) is 4.34. The molecule has 2 aromatic carbocycles. The van der Waals surface area contributed by atoms with Crippen LogP contribution >= 0.6 is 0 Å². The molecule has 3 nitrogen and oxygen atoms in total. The van der Waals surface area contributed by atoms with E-state index in [0.29, 0.717) is 6.54 Å². The Bertz CT molecular complexity index is 1040. The van der Waals surface area contributed by atoms with Crippen LogP contribution in [0.1, 0.15) is 22.3 Å². The fourth-order valence-electron chi connectivity index (χ4n) is 3.21. The van der Waals surface area contributed by atoms with Crippen LogP contribution in [0, 0.1) is 6.92 Å². The van der Waals surface area contributed by atoms with Gasteiger partial charge in [-0.15, -0.1) is 0 Å². The lowest BCUT2D eigenvalue weighted by Gasteiger charge is -2.07. The highest BCUT2D eigenvalue weighted by molar-refractivity contribution is 6.04. The normalized spacial score (nSPS) is 11.3. The zero-order chi connectivity index (χ0) is 17.2. The van der Waals surface area contributed by atoms with Gasteiger partial charge in [-0.1, -0.05) is 36.4 Å². The Hall–Kier alpha value is -2.78. The fraction of sp³-hybridized carbons (Fsp3) is 0.182. The van der Waals surface area contributed by atoms with Crippen molar-refractivity contribution in [3.8, 4) is 0 Å². The number of hydrogen-bond acceptors (Lipinski definition) is 3. The summed E-state index contributed by atoms with van der Waals surface area (Å²) in [7, 11) is 0. The Morgan fingerprint density at radius 1 is 0.720 bits per heavy atom. The molecule has 2 aromatic heterocycles. The number of nitrogens with zero attached hydrogens (tertiary/aromatic N) is 2. The van der Waals surface area contributed by atoms with Gasteiger partial charge in [0.25, 0.3) is 0 Å². The van der Waals surface area contributed by atoms with Crippen LogP contribution in [0.15, 0.2) is 60.9 Å². The number of pyridine rings is 2. The molecule has 4 rings (SSSR count). The van der Waals surface area contributed by atoms with Crippen molar-refractivity contribution in [3.63, 3.8) is 0 Å². The molecular weight excluding hydrogens is 306 g/mol. The summed E-state index contributed by atoms with van der Waals surface area (Å²) < 4.78 is 0. The highest BCUT2D eigenvalue weighted by Crippen LogP contribution is 2.24. The Balaban J connectivity index is 1.64. The number of fused-ring (bicyclic) bond motifs is 3. The SMILES string of the molecule is Cc1ccc2c(c1)ncc1ncc(CCc3ccc(CN)cc3)cc12. The Labute approximate surface area is 147 Å². The molecule has 0 amide bonds. The second kappa shape index (κ2) is 6.61. The monoisotopic (exact) mass is 327 g/mol. The van der Waals surface area contributed by atoms with E-state index in [4.69, 9.17) is 5.73 Å². The average molecular weight is 327 g/mol. The Kier molecular flexibility index (Phi) is 4.16. The molecule has 0 unspecified atom stereocenters. The lowest BCUT2D eigenvalue weighted by atomic mass is 10.0. The van der Waals surface area contributed by atoms with Gasteiger partial charge < -0.3 is 5.73 Å². The van der Waals surface area contributed by atoms with Gasteiger partial charge in [-0.2, -0.15) is 0 Å². The highest BCUT2D eigenvalue weighted by Gasteiger charge is 2.05. The smallest absolute Gasteiger partial charge is 0.0891 e. The lowest BCUT2D eigenvalue weighted by molar-refractivity contribution is 0.950. The number of rotatable bonds is 4. The van der Waals surface area contributed by atoms with Crippen molar-refractivity contribution < 1.29 is 0 Å². The summed E-state index contributed by atoms with van der Waals surface area (Å²) in [6.45, 7) is 2.69. The van der Waals surface area contributed by atoms with Crippen molar-refractivity contribution >= 4 is 21.8 Å². The minimum Gasteiger partial charge on any atom is -0.326 e. The number of nitrogens with two attached hydrogens (primary N) is 1. The van der Waals surface area contributed by atoms with E-state index in [1.807, 2.05) is 12.4 Å². The minimum atomic E-state index is 0.593. The third kappa shape index (κ3) is 3.24. The first-order valence-corrected chi connectivity index (χ1v) is 8.65. The summed E-state index contributed by atoms with van der Waals surface area (Å²) >= 11 is 0. The second-order valence-corrected chi connectivity index (χ2v) is 6.58. The standard InChI is InChI=1S/C22H21N3/c1-15-2-9-19-20-11-18(13-24-22(20)14-25-21(19)10-15)8-5-16-3-6-17(12-23)7-4-16/h2-4,6-7,9-11,13-14H,5,8,12,23H2,1H3. The van der Waals surface area contributed by atoms with E-state index in [0.717, 1.165) is 23.9 Å². The Morgan fingerprint density at radius 2 is 1.44 bits per heavy atom. The maximum atomic E-state index is 5.66. The third-order valence-corrected chi connectivity index (χ3v) is 4.71. The summed E-state index contributed by atoms with van der Waals surface area (Å²) in [5.41, 5.74) is 12.6. The van der Waals surface area contributed by atoms with Crippen molar-refractivity contribution in [2.24, 2.45) is 5.73 Å². The maximum absolute atomic E-state index is 5.66. The van der Waals surface area contributed by atoms with Crippen LogP contribution in [-0.4, -0.2) is 9.97 Å². The fourth-order valence-corrected chi connectivity index (χ4v) is 3.21. The number of hydrogen-bond donors (Lipinski definition) is 1. The third-order valence-electron chi connectivity index (χ3n) is 4.71. The molecule has 0 aliphatic carbocycles. The van der Waals surface area contributed by atoms with E-state index in [9.17, 15) is 0 Å². The summed E-state index contributed by atoms with van der Waals surface area (Å²) in [6.07, 6.45) is 5.81. The highest BCUT2D eigenvalue weighted by atomic mass is 14.7. The quantitative estimate of drug-likeness (QED) is 0.567. The average Bonchev–Trinajstić information content (AvgIpc) is 2.66. The first-order valence-electron chi connectivity index (χ1n) is 8.65. The van der Waals surface area contributed by atoms with Crippen LogP contribution in [0.3, 0.4) is 0 Å². The van der Waals surface area contributed by atoms with Gasteiger partial charge in [0, 0.05) is 23.5 Å². The molecule has 0 aliphatic heterocycles. The van der Waals surface area contributed by atoms with Crippen LogP contribution in [0.4, 0.5) is 0 Å². The van der Waals surface area contributed by atoms with E-state index in [1.165, 1.54) is 33.0 Å². The van der Waals surface area contributed by atoms with E-state index in [1.54, 1.807) is 0 Å². The van der Waals surface area contributed by atoms with E-state index in [2.05, 4.69) is 65.4 Å². The molecule has 0 bridgehead atoms. The van der Waals surface area contributed by atoms with Gasteiger partial charge in [0.05, 0.1) is 17.2 Å². The summed E-state index contributed by atoms with van der Waals surface area (Å²) in [4.78, 5) is 9.15. The van der Waals surface area contributed by atoms with E-state index in [-0.39, 0.29) is 0 Å². The van der Waals surface area contributed by atoms with Crippen molar-refractivity contribution in [1.82, 2.24) is 9.97 Å². The predicted molar refractivity (Wildman–Crippen MR) is 104 cm³/mol. The number of aryl methyl sites for hydroxylation is 3. The molecule has 0 radical (unpaired) electrons. The van der Waals surface area contributed by atoms with Crippen molar-refractivity contribution in [3.05, 3.63) is 83.2 Å². The molecule has 2 N–H and O–H groups in total. The summed E-state index contributed by atoms with van der Waals surface area (Å²) in [6, 6.07) is 17.2. The molecular formula is C22H21N3. The van der Waals surface area contributed by atoms with E-state index < -0.39 is 0 Å². The van der Waals surface area contributed by atoms with Crippen molar-refractivity contribution in [2.75, 3.05) is 0 Å². The molecule has 0 fully saturated rings. The first-order chi connectivity index (χ1) is 12.2. The largest absolute Gasteiger partial charge is 0.326 e. The molecule has 0 saturated carbocycles. The van der Waals surface area contributed by atoms with Crippen LogP contribution in [0.25, 0.3) is 21.8 Å². The van der Waals surface area contributed by atoms with Crippen LogP contribution in [0.5, 0.6) is 0 Å². The summed E-state index contributed by atoms with van der Waals surface area (Å²) in [5, 5.41) is 2.35. The molecule has 25 heavy (non-hydrogen) atoms. The van der Waals surface area contributed by atoms with Crippen molar-refractivity contribution in [2.45, 2.75) is 26.3 Å². The molecule has 2 heterocycles. The number of benzene rings is 2. The van der Waals surface area contributed by atoms with Gasteiger partial charge >= 0.3 is 0 Å². The molecule has 0 aliphatic rings. The minimum absolute atomic E-state index is 0.593. The Morgan fingerprint density at radius 3 is 2.24 bits per heavy atom. The van der Waals surface area contributed by atoms with Gasteiger partial charge in [0.15, 0.2) is 0 Å². The first kappa shape index (κ1) is 15.7. The van der Waals surface area contributed by atoms with Gasteiger partial charge in [0.1, 0.15) is 0 Å². The zero-order valence-electron chi connectivity index (χ0n) is 14.4. The zero-order valence-corrected chi connectivity index (χ0v) is 14.4. The topological polar surface area (TPSA) is 51.8 Å². The van der Waals surface area contributed by atoms with Crippen LogP contribution < -0.4 is 5.73 Å². The number of aromatic nitrogens is 2. The van der Waals surface area contributed by atoms with E-state index >= 15 is 0 Å². The van der Waals surface area contributed by atoms with Crippen LogP contribution in [0.2, 0.25) is 0 Å². The van der Waals surface area contributed by atoms with Gasteiger partial charge in [0.2, 0.25) is 0 Å². The second-order valence-electron chi connectivity index (χ2n) is 6.58. The molecule has 3 heteroatoms. The lowest BCUT2D eigenvalue weighted by Crippen LogP contribution is -1.97. The molecule has 4 aromatic rings. The molecule has 0 saturated heterocycles. The van der Waals surface area contributed by atoms with Crippen molar-refractivity contribution in [1.29, 1.82) is 0 Å². The maximum Gasteiger partial charge on any atom is 0.0891 e.